The van der Waals surface area contributed by atoms with Crippen molar-refractivity contribution in [1.82, 2.24) is 5.32 Å². The van der Waals surface area contributed by atoms with Gasteiger partial charge in [-0.2, -0.15) is 0 Å². The largest absolute Gasteiger partial charge is 0.494 e. The molecule has 0 aliphatic heterocycles. The van der Waals surface area contributed by atoms with Crippen LogP contribution in [0.2, 0.25) is 0 Å². The van der Waals surface area contributed by atoms with Crippen LogP contribution < -0.4 is 10.1 Å². The molecular formula is C12H18FNO. The Morgan fingerprint density at radius 2 is 2.20 bits per heavy atom. The Morgan fingerprint density at radius 1 is 1.47 bits per heavy atom. The molecule has 0 saturated heterocycles. The van der Waals surface area contributed by atoms with Crippen molar-refractivity contribution in [2.24, 2.45) is 0 Å². The van der Waals surface area contributed by atoms with Gasteiger partial charge in [-0.1, -0.05) is 13.0 Å². The molecule has 0 bridgehead atoms. The topological polar surface area (TPSA) is 21.3 Å². The molecule has 0 amide bonds. The summed E-state index contributed by atoms with van der Waals surface area (Å²) in [7, 11) is 1.47. The number of halogens is 1. The fourth-order valence-corrected chi connectivity index (χ4v) is 1.26. The van der Waals surface area contributed by atoms with Crippen LogP contribution in [-0.4, -0.2) is 13.2 Å². The average Bonchev–Trinajstić information content (AvgIpc) is 2.26. The van der Waals surface area contributed by atoms with E-state index in [1.54, 1.807) is 6.07 Å². The summed E-state index contributed by atoms with van der Waals surface area (Å²) in [6.45, 7) is 4.92. The molecule has 0 radical (unpaired) electrons. The van der Waals surface area contributed by atoms with Crippen LogP contribution in [0.3, 0.4) is 0 Å². The molecule has 0 aliphatic rings. The Morgan fingerprint density at radius 3 is 2.73 bits per heavy atom. The monoisotopic (exact) mass is 211 g/mol. The van der Waals surface area contributed by atoms with Gasteiger partial charge in [-0.15, -0.1) is 0 Å². The van der Waals surface area contributed by atoms with Crippen LogP contribution in [0.5, 0.6) is 5.75 Å². The van der Waals surface area contributed by atoms with Gasteiger partial charge in [0.15, 0.2) is 11.6 Å². The van der Waals surface area contributed by atoms with Crippen molar-refractivity contribution in [1.29, 1.82) is 0 Å². The van der Waals surface area contributed by atoms with Crippen molar-refractivity contribution >= 4 is 0 Å². The molecule has 0 heterocycles. The molecule has 0 aliphatic carbocycles. The van der Waals surface area contributed by atoms with Crippen molar-refractivity contribution in [3.8, 4) is 5.75 Å². The highest BCUT2D eigenvalue weighted by molar-refractivity contribution is 5.29. The van der Waals surface area contributed by atoms with Crippen LogP contribution in [0.15, 0.2) is 18.2 Å². The minimum absolute atomic E-state index is 0.294. The van der Waals surface area contributed by atoms with E-state index >= 15 is 0 Å². The number of ether oxygens (including phenoxy) is 1. The van der Waals surface area contributed by atoms with Gasteiger partial charge in [-0.25, -0.2) is 4.39 Å². The number of nitrogens with one attached hydrogen (secondary N) is 1. The smallest absolute Gasteiger partial charge is 0.165 e. The summed E-state index contributed by atoms with van der Waals surface area (Å²) >= 11 is 0. The first-order valence-electron chi connectivity index (χ1n) is 5.23. The third-order valence-corrected chi connectivity index (χ3v) is 2.48. The van der Waals surface area contributed by atoms with Gasteiger partial charge in [0.05, 0.1) is 7.11 Å². The van der Waals surface area contributed by atoms with E-state index in [1.807, 2.05) is 6.07 Å². The SMILES string of the molecule is CC[C@H](C)NCc1ccc(OC)c(F)c1. The lowest BCUT2D eigenvalue weighted by molar-refractivity contribution is 0.386. The zero-order valence-electron chi connectivity index (χ0n) is 9.51. The van der Waals surface area contributed by atoms with Gasteiger partial charge in [0.2, 0.25) is 0 Å². The van der Waals surface area contributed by atoms with E-state index in [0.717, 1.165) is 12.0 Å². The maximum atomic E-state index is 13.3. The molecule has 0 fully saturated rings. The molecule has 15 heavy (non-hydrogen) atoms. The van der Waals surface area contributed by atoms with E-state index in [1.165, 1.54) is 13.2 Å². The third kappa shape index (κ3) is 3.51. The summed E-state index contributed by atoms with van der Waals surface area (Å²) < 4.78 is 18.2. The predicted molar refractivity (Wildman–Crippen MR) is 59.5 cm³/mol. The first-order valence-corrected chi connectivity index (χ1v) is 5.23. The molecule has 3 heteroatoms. The highest BCUT2D eigenvalue weighted by atomic mass is 19.1. The number of rotatable bonds is 5. The second-order valence-electron chi connectivity index (χ2n) is 3.66. The van der Waals surface area contributed by atoms with Crippen molar-refractivity contribution < 1.29 is 9.13 Å². The van der Waals surface area contributed by atoms with E-state index < -0.39 is 0 Å². The normalized spacial score (nSPS) is 12.5. The molecule has 1 aromatic rings. The van der Waals surface area contributed by atoms with Crippen LogP contribution >= 0.6 is 0 Å². The van der Waals surface area contributed by atoms with Gasteiger partial charge in [-0.3, -0.25) is 0 Å². The Kier molecular flexibility index (Phi) is 4.56. The number of benzene rings is 1. The molecule has 84 valence electrons. The summed E-state index contributed by atoms with van der Waals surface area (Å²) in [5, 5.41) is 3.31. The van der Waals surface area contributed by atoms with Gasteiger partial charge in [0, 0.05) is 12.6 Å². The quantitative estimate of drug-likeness (QED) is 0.808. The van der Waals surface area contributed by atoms with Crippen LogP contribution in [0, 0.1) is 5.82 Å². The van der Waals surface area contributed by atoms with Crippen LogP contribution in [0.4, 0.5) is 4.39 Å². The van der Waals surface area contributed by atoms with E-state index in [0.29, 0.717) is 18.3 Å². The van der Waals surface area contributed by atoms with E-state index in [9.17, 15) is 4.39 Å². The first kappa shape index (κ1) is 12.0. The highest BCUT2D eigenvalue weighted by Gasteiger charge is 2.04. The summed E-state index contributed by atoms with van der Waals surface area (Å²) in [6, 6.07) is 5.49. The Labute approximate surface area is 90.4 Å². The fraction of sp³-hybridized carbons (Fsp3) is 0.500. The van der Waals surface area contributed by atoms with Gasteiger partial charge < -0.3 is 10.1 Å². The second-order valence-corrected chi connectivity index (χ2v) is 3.66. The predicted octanol–water partition coefficient (Wildman–Crippen LogP) is 2.72. The zero-order valence-corrected chi connectivity index (χ0v) is 9.51. The fourth-order valence-electron chi connectivity index (χ4n) is 1.26. The Bertz CT molecular complexity index is 314. The number of hydrogen-bond acceptors (Lipinski definition) is 2. The number of methoxy groups -OCH3 is 1. The minimum atomic E-state index is -0.305. The molecule has 0 unspecified atom stereocenters. The van der Waals surface area contributed by atoms with Gasteiger partial charge in [-0.05, 0) is 31.0 Å². The molecule has 0 spiro atoms. The lowest BCUT2D eigenvalue weighted by atomic mass is 10.2. The molecule has 2 nitrogen and oxygen atoms in total. The standard InChI is InChI=1S/C12H18FNO/c1-4-9(2)14-8-10-5-6-12(15-3)11(13)7-10/h5-7,9,14H,4,8H2,1-3H3/t9-/m0/s1. The maximum Gasteiger partial charge on any atom is 0.165 e. The summed E-state index contributed by atoms with van der Waals surface area (Å²) in [6.07, 6.45) is 1.07. The molecular weight excluding hydrogens is 193 g/mol. The molecule has 1 N–H and O–H groups in total. The molecule has 1 atom stereocenters. The first-order chi connectivity index (χ1) is 7.17. The zero-order chi connectivity index (χ0) is 11.3. The van der Waals surface area contributed by atoms with Crippen molar-refractivity contribution in [2.75, 3.05) is 7.11 Å². The van der Waals surface area contributed by atoms with Gasteiger partial charge in [0.1, 0.15) is 0 Å². The lowest BCUT2D eigenvalue weighted by Crippen LogP contribution is -2.24. The lowest BCUT2D eigenvalue weighted by Gasteiger charge is -2.11. The van der Waals surface area contributed by atoms with Crippen molar-refractivity contribution in [3.63, 3.8) is 0 Å². The van der Waals surface area contributed by atoms with Gasteiger partial charge >= 0.3 is 0 Å². The second kappa shape index (κ2) is 5.71. The molecule has 1 rings (SSSR count). The Hall–Kier alpha value is -1.09. The minimum Gasteiger partial charge on any atom is -0.494 e. The summed E-state index contributed by atoms with van der Waals surface area (Å²) in [5.74, 6) is -0.0109. The summed E-state index contributed by atoms with van der Waals surface area (Å²) in [5.41, 5.74) is 0.939. The van der Waals surface area contributed by atoms with Crippen molar-refractivity contribution in [2.45, 2.75) is 32.9 Å². The van der Waals surface area contributed by atoms with Crippen molar-refractivity contribution in [3.05, 3.63) is 29.6 Å². The number of hydrogen-bond donors (Lipinski definition) is 1. The average molecular weight is 211 g/mol. The highest BCUT2D eigenvalue weighted by Crippen LogP contribution is 2.17. The maximum absolute atomic E-state index is 13.3. The van der Waals surface area contributed by atoms with E-state index in [2.05, 4.69) is 19.2 Å². The third-order valence-electron chi connectivity index (χ3n) is 2.48. The van der Waals surface area contributed by atoms with Crippen LogP contribution in [0.25, 0.3) is 0 Å². The molecule has 0 aromatic heterocycles. The molecule has 1 aromatic carbocycles. The van der Waals surface area contributed by atoms with Gasteiger partial charge in [0.25, 0.3) is 0 Å². The van der Waals surface area contributed by atoms with E-state index in [4.69, 9.17) is 4.74 Å². The summed E-state index contributed by atoms with van der Waals surface area (Å²) in [4.78, 5) is 0. The van der Waals surface area contributed by atoms with Crippen LogP contribution in [0.1, 0.15) is 25.8 Å². The molecule has 0 saturated carbocycles. The van der Waals surface area contributed by atoms with Crippen LogP contribution in [-0.2, 0) is 6.54 Å². The van der Waals surface area contributed by atoms with E-state index in [-0.39, 0.29) is 5.82 Å². The Balaban J connectivity index is 2.59.